The van der Waals surface area contributed by atoms with Gasteiger partial charge in [-0.3, -0.25) is 4.79 Å². The summed E-state index contributed by atoms with van der Waals surface area (Å²) in [5.41, 5.74) is 3.39. The Hall–Kier alpha value is -2.30. The van der Waals surface area contributed by atoms with Gasteiger partial charge in [0.2, 0.25) is 0 Å². The second-order valence-electron chi connectivity index (χ2n) is 6.75. The third kappa shape index (κ3) is 3.22. The predicted molar refractivity (Wildman–Crippen MR) is 105 cm³/mol. The SMILES string of the molecule is CN(CC1CCCO1)C(=O)c1[nH]c2ccc(Cl)cc2c1-c1ccccc1. The minimum absolute atomic E-state index is 0.0355. The van der Waals surface area contributed by atoms with Crippen molar-refractivity contribution in [3.8, 4) is 11.1 Å². The zero-order valence-corrected chi connectivity index (χ0v) is 15.4. The Morgan fingerprint density at radius 2 is 2.08 bits per heavy atom. The zero-order chi connectivity index (χ0) is 18.1. The molecule has 4 rings (SSSR count). The number of likely N-dealkylation sites (N-methyl/N-ethyl adjacent to an activating group) is 1. The van der Waals surface area contributed by atoms with Gasteiger partial charge in [-0.05, 0) is 36.6 Å². The molecule has 1 saturated heterocycles. The summed E-state index contributed by atoms with van der Waals surface area (Å²) in [7, 11) is 1.83. The van der Waals surface area contributed by atoms with Crippen LogP contribution >= 0.6 is 11.6 Å². The van der Waals surface area contributed by atoms with Gasteiger partial charge in [0, 0.05) is 41.7 Å². The molecule has 0 aliphatic carbocycles. The normalized spacial score (nSPS) is 16.9. The Morgan fingerprint density at radius 1 is 1.27 bits per heavy atom. The molecular weight excluding hydrogens is 348 g/mol. The first-order chi connectivity index (χ1) is 12.6. The Morgan fingerprint density at radius 3 is 2.81 bits per heavy atom. The number of benzene rings is 2. The van der Waals surface area contributed by atoms with Crippen LogP contribution in [-0.2, 0) is 4.74 Å². The lowest BCUT2D eigenvalue weighted by Crippen LogP contribution is -2.34. The average Bonchev–Trinajstić information content (AvgIpc) is 3.29. The smallest absolute Gasteiger partial charge is 0.270 e. The van der Waals surface area contributed by atoms with Gasteiger partial charge >= 0.3 is 0 Å². The lowest BCUT2D eigenvalue weighted by Gasteiger charge is -2.21. The number of rotatable bonds is 4. The largest absolute Gasteiger partial charge is 0.376 e. The lowest BCUT2D eigenvalue weighted by molar-refractivity contribution is 0.0584. The fourth-order valence-electron chi connectivity index (χ4n) is 3.60. The quantitative estimate of drug-likeness (QED) is 0.723. The van der Waals surface area contributed by atoms with Crippen molar-refractivity contribution in [1.82, 2.24) is 9.88 Å². The van der Waals surface area contributed by atoms with Gasteiger partial charge in [-0.15, -0.1) is 0 Å². The highest BCUT2D eigenvalue weighted by Crippen LogP contribution is 2.34. The van der Waals surface area contributed by atoms with Gasteiger partial charge in [0.05, 0.1) is 6.10 Å². The number of nitrogens with one attached hydrogen (secondary N) is 1. The van der Waals surface area contributed by atoms with E-state index in [1.807, 2.05) is 55.6 Å². The zero-order valence-electron chi connectivity index (χ0n) is 14.7. The Labute approximate surface area is 157 Å². The summed E-state index contributed by atoms with van der Waals surface area (Å²) < 4.78 is 5.68. The first kappa shape index (κ1) is 17.1. The number of amides is 1. The number of carbonyl (C=O) groups excluding carboxylic acids is 1. The summed E-state index contributed by atoms with van der Waals surface area (Å²) >= 11 is 6.22. The van der Waals surface area contributed by atoms with E-state index in [4.69, 9.17) is 16.3 Å². The molecule has 3 aromatic rings. The maximum atomic E-state index is 13.2. The summed E-state index contributed by atoms with van der Waals surface area (Å²) in [6, 6.07) is 15.6. The van der Waals surface area contributed by atoms with Crippen LogP contribution in [0.2, 0.25) is 5.02 Å². The van der Waals surface area contributed by atoms with Crippen LogP contribution in [0.15, 0.2) is 48.5 Å². The molecule has 134 valence electrons. The molecule has 1 aliphatic rings. The van der Waals surface area contributed by atoms with Crippen molar-refractivity contribution in [2.24, 2.45) is 0 Å². The van der Waals surface area contributed by atoms with Gasteiger partial charge in [-0.25, -0.2) is 0 Å². The second kappa shape index (κ2) is 7.14. The molecule has 0 saturated carbocycles. The van der Waals surface area contributed by atoms with E-state index in [1.54, 1.807) is 4.90 Å². The van der Waals surface area contributed by atoms with E-state index in [0.717, 1.165) is 41.5 Å². The van der Waals surface area contributed by atoms with Crippen LogP contribution in [0.25, 0.3) is 22.0 Å². The third-order valence-corrected chi connectivity index (χ3v) is 5.12. The van der Waals surface area contributed by atoms with Crippen molar-refractivity contribution in [2.75, 3.05) is 20.2 Å². The molecule has 5 heteroatoms. The molecule has 2 heterocycles. The molecule has 1 N–H and O–H groups in total. The van der Waals surface area contributed by atoms with Gasteiger partial charge in [-0.2, -0.15) is 0 Å². The molecule has 1 amide bonds. The molecule has 4 nitrogen and oxygen atoms in total. The average molecular weight is 369 g/mol. The maximum absolute atomic E-state index is 13.2. The number of aromatic amines is 1. The van der Waals surface area contributed by atoms with Gasteiger partial charge in [0.25, 0.3) is 5.91 Å². The number of hydrogen-bond acceptors (Lipinski definition) is 2. The van der Waals surface area contributed by atoms with Crippen LogP contribution in [0, 0.1) is 0 Å². The van der Waals surface area contributed by atoms with E-state index in [1.165, 1.54) is 0 Å². The summed E-state index contributed by atoms with van der Waals surface area (Å²) in [6.45, 7) is 1.38. The van der Waals surface area contributed by atoms with Crippen LogP contribution in [0.4, 0.5) is 0 Å². The van der Waals surface area contributed by atoms with Gasteiger partial charge < -0.3 is 14.6 Å². The van der Waals surface area contributed by atoms with E-state index in [9.17, 15) is 4.79 Å². The second-order valence-corrected chi connectivity index (χ2v) is 7.19. The van der Waals surface area contributed by atoms with Gasteiger partial charge in [0.1, 0.15) is 5.69 Å². The van der Waals surface area contributed by atoms with E-state index >= 15 is 0 Å². The molecule has 1 aromatic heterocycles. The molecule has 0 bridgehead atoms. The molecule has 1 atom stereocenters. The van der Waals surface area contributed by atoms with Crippen molar-refractivity contribution >= 4 is 28.4 Å². The number of nitrogens with zero attached hydrogens (tertiary/aromatic N) is 1. The van der Waals surface area contributed by atoms with Crippen LogP contribution in [0.1, 0.15) is 23.3 Å². The maximum Gasteiger partial charge on any atom is 0.270 e. The van der Waals surface area contributed by atoms with Crippen molar-refractivity contribution in [3.63, 3.8) is 0 Å². The van der Waals surface area contributed by atoms with E-state index < -0.39 is 0 Å². The summed E-state index contributed by atoms with van der Waals surface area (Å²) in [5.74, 6) is -0.0355. The molecule has 0 spiro atoms. The van der Waals surface area contributed by atoms with Crippen molar-refractivity contribution in [1.29, 1.82) is 0 Å². The topological polar surface area (TPSA) is 45.3 Å². The number of halogens is 1. The van der Waals surface area contributed by atoms with Crippen LogP contribution in [0.5, 0.6) is 0 Å². The van der Waals surface area contributed by atoms with Crippen molar-refractivity contribution in [3.05, 3.63) is 59.2 Å². The molecule has 0 radical (unpaired) electrons. The molecule has 1 fully saturated rings. The van der Waals surface area contributed by atoms with Crippen LogP contribution in [0.3, 0.4) is 0 Å². The number of fused-ring (bicyclic) bond motifs is 1. The molecule has 1 aliphatic heterocycles. The standard InChI is InChI=1S/C21H21ClN2O2/c1-24(13-16-8-5-11-26-16)21(25)20-19(14-6-3-2-4-7-14)17-12-15(22)9-10-18(17)23-20/h2-4,6-7,9-10,12,16,23H,5,8,11,13H2,1H3. The van der Waals surface area contributed by atoms with Crippen molar-refractivity contribution < 1.29 is 9.53 Å². The first-order valence-electron chi connectivity index (χ1n) is 8.87. The molecular formula is C21H21ClN2O2. The monoisotopic (exact) mass is 368 g/mol. The highest BCUT2D eigenvalue weighted by atomic mass is 35.5. The Kier molecular flexibility index (Phi) is 4.70. The summed E-state index contributed by atoms with van der Waals surface area (Å²) in [6.07, 6.45) is 2.20. The number of aromatic nitrogens is 1. The predicted octanol–water partition coefficient (Wildman–Crippen LogP) is 4.74. The van der Waals surface area contributed by atoms with E-state index in [2.05, 4.69) is 4.98 Å². The Bertz CT molecular complexity index is 930. The Balaban J connectivity index is 1.77. The summed E-state index contributed by atoms with van der Waals surface area (Å²) in [5, 5.41) is 1.61. The number of carbonyl (C=O) groups is 1. The van der Waals surface area contributed by atoms with E-state index in [0.29, 0.717) is 17.3 Å². The number of hydrogen-bond donors (Lipinski definition) is 1. The molecule has 26 heavy (non-hydrogen) atoms. The summed E-state index contributed by atoms with van der Waals surface area (Å²) in [4.78, 5) is 18.2. The third-order valence-electron chi connectivity index (χ3n) is 4.89. The van der Waals surface area contributed by atoms with Crippen LogP contribution in [-0.4, -0.2) is 42.1 Å². The molecule has 1 unspecified atom stereocenters. The highest BCUT2D eigenvalue weighted by Gasteiger charge is 2.25. The number of H-pyrrole nitrogens is 1. The van der Waals surface area contributed by atoms with Crippen molar-refractivity contribution in [2.45, 2.75) is 18.9 Å². The highest BCUT2D eigenvalue weighted by molar-refractivity contribution is 6.31. The minimum atomic E-state index is -0.0355. The minimum Gasteiger partial charge on any atom is -0.376 e. The van der Waals surface area contributed by atoms with Gasteiger partial charge in [0.15, 0.2) is 0 Å². The van der Waals surface area contributed by atoms with Crippen LogP contribution < -0.4 is 0 Å². The first-order valence-corrected chi connectivity index (χ1v) is 9.25. The molecule has 2 aromatic carbocycles. The van der Waals surface area contributed by atoms with Gasteiger partial charge in [-0.1, -0.05) is 41.9 Å². The van der Waals surface area contributed by atoms with E-state index in [-0.39, 0.29) is 12.0 Å². The fraction of sp³-hybridized carbons (Fsp3) is 0.286. The number of ether oxygens (including phenoxy) is 1. The lowest BCUT2D eigenvalue weighted by atomic mass is 10.0. The fourth-order valence-corrected chi connectivity index (χ4v) is 3.77.